The van der Waals surface area contributed by atoms with Gasteiger partial charge in [-0.05, 0) is 47.9 Å². The summed E-state index contributed by atoms with van der Waals surface area (Å²) < 4.78 is 24.4. The van der Waals surface area contributed by atoms with Crippen molar-refractivity contribution in [2.24, 2.45) is 5.92 Å². The van der Waals surface area contributed by atoms with Gasteiger partial charge in [0.25, 0.3) is 0 Å². The molecule has 1 amide bonds. The predicted octanol–water partition coefficient (Wildman–Crippen LogP) is 4.03. The molecule has 1 fully saturated rings. The van der Waals surface area contributed by atoms with Gasteiger partial charge in [-0.2, -0.15) is 0 Å². The molecule has 0 unspecified atom stereocenters. The third-order valence-electron chi connectivity index (χ3n) is 7.07. The molecule has 2 atom stereocenters. The number of para-hydroxylation sites is 2. The maximum Gasteiger partial charge on any atom is 0.225 e. The van der Waals surface area contributed by atoms with Crippen molar-refractivity contribution < 1.29 is 18.7 Å². The standard InChI is InChI=1S/C28H30FN3O3/c1-34-22-12-9-20-15-23(28(33)30-17-19-7-10-21(29)11-8-19)26-18-31(13-14-32(26)25(20)16-22)24-5-3-4-6-27(24)35-2/h3-12,16,23,26H,13-15,17-18H2,1-2H3,(H,30,33)/t23-,26+/m1/s1. The summed E-state index contributed by atoms with van der Waals surface area (Å²) in [5.74, 6) is 1.14. The van der Waals surface area contributed by atoms with Crippen molar-refractivity contribution in [3.8, 4) is 11.5 Å². The SMILES string of the molecule is COc1ccc2c(c1)N1CCN(c3ccccc3OC)C[C@H]1[C@H](C(=O)NCc1ccc(F)cc1)C2. The number of methoxy groups -OCH3 is 2. The first-order valence-corrected chi connectivity index (χ1v) is 11.9. The van der Waals surface area contributed by atoms with Crippen LogP contribution in [-0.4, -0.2) is 45.8 Å². The molecule has 0 bridgehead atoms. The molecule has 3 aromatic rings. The van der Waals surface area contributed by atoms with Crippen molar-refractivity contribution in [3.63, 3.8) is 0 Å². The van der Waals surface area contributed by atoms with Crippen LogP contribution in [0.2, 0.25) is 0 Å². The van der Waals surface area contributed by atoms with Gasteiger partial charge < -0.3 is 24.6 Å². The Balaban J connectivity index is 1.42. The normalized spacial score (nSPS) is 18.9. The van der Waals surface area contributed by atoms with Crippen molar-refractivity contribution in [1.29, 1.82) is 0 Å². The van der Waals surface area contributed by atoms with E-state index in [2.05, 4.69) is 33.3 Å². The Hall–Kier alpha value is -3.74. The summed E-state index contributed by atoms with van der Waals surface area (Å²) in [6.45, 7) is 2.67. The molecule has 2 heterocycles. The van der Waals surface area contributed by atoms with Crippen molar-refractivity contribution in [2.45, 2.75) is 19.0 Å². The number of rotatable bonds is 6. The van der Waals surface area contributed by atoms with Gasteiger partial charge in [-0.3, -0.25) is 4.79 Å². The average Bonchev–Trinajstić information content (AvgIpc) is 2.91. The summed E-state index contributed by atoms with van der Waals surface area (Å²) in [7, 11) is 3.36. The predicted molar refractivity (Wildman–Crippen MR) is 135 cm³/mol. The van der Waals surface area contributed by atoms with E-state index in [4.69, 9.17) is 9.47 Å². The van der Waals surface area contributed by atoms with E-state index in [0.717, 1.165) is 47.1 Å². The zero-order chi connectivity index (χ0) is 24.4. The minimum absolute atomic E-state index is 0.00710. The van der Waals surface area contributed by atoms with Gasteiger partial charge in [-0.25, -0.2) is 4.39 Å². The Morgan fingerprint density at radius 3 is 2.57 bits per heavy atom. The van der Waals surface area contributed by atoms with E-state index in [9.17, 15) is 9.18 Å². The number of ether oxygens (including phenoxy) is 2. The van der Waals surface area contributed by atoms with Crippen molar-refractivity contribution in [3.05, 3.63) is 83.7 Å². The van der Waals surface area contributed by atoms with Crippen LogP contribution in [0, 0.1) is 11.7 Å². The molecule has 2 aliphatic rings. The molecular formula is C28H30FN3O3. The Morgan fingerprint density at radius 1 is 1.00 bits per heavy atom. The fraction of sp³-hybridized carbons (Fsp3) is 0.321. The van der Waals surface area contributed by atoms with E-state index in [1.165, 1.54) is 12.1 Å². The van der Waals surface area contributed by atoms with E-state index in [0.29, 0.717) is 19.5 Å². The number of hydrogen-bond donors (Lipinski definition) is 1. The van der Waals surface area contributed by atoms with Gasteiger partial charge in [0.05, 0.1) is 31.9 Å². The Kier molecular flexibility index (Phi) is 6.49. The molecule has 0 radical (unpaired) electrons. The second-order valence-corrected chi connectivity index (χ2v) is 9.03. The van der Waals surface area contributed by atoms with Gasteiger partial charge in [0, 0.05) is 37.9 Å². The molecule has 6 nitrogen and oxygen atoms in total. The number of fused-ring (bicyclic) bond motifs is 3. The topological polar surface area (TPSA) is 54.0 Å². The maximum absolute atomic E-state index is 13.5. The molecule has 7 heteroatoms. The quantitative estimate of drug-likeness (QED) is 0.584. The number of carbonyl (C=O) groups excluding carboxylic acids is 1. The van der Waals surface area contributed by atoms with E-state index in [-0.39, 0.29) is 23.7 Å². The van der Waals surface area contributed by atoms with Gasteiger partial charge >= 0.3 is 0 Å². The number of amides is 1. The van der Waals surface area contributed by atoms with Gasteiger partial charge in [0.15, 0.2) is 0 Å². The van der Waals surface area contributed by atoms with Gasteiger partial charge in [0.2, 0.25) is 5.91 Å². The van der Waals surface area contributed by atoms with Crippen LogP contribution in [-0.2, 0) is 17.8 Å². The third-order valence-corrected chi connectivity index (χ3v) is 7.07. The number of benzene rings is 3. The summed E-state index contributed by atoms with van der Waals surface area (Å²) in [6.07, 6.45) is 0.648. The Morgan fingerprint density at radius 2 is 1.80 bits per heavy atom. The van der Waals surface area contributed by atoms with E-state index in [1.54, 1.807) is 26.4 Å². The number of piperazine rings is 1. The minimum Gasteiger partial charge on any atom is -0.497 e. The second kappa shape index (κ2) is 9.86. The van der Waals surface area contributed by atoms with Gasteiger partial charge in [-0.1, -0.05) is 30.3 Å². The van der Waals surface area contributed by atoms with Crippen LogP contribution < -0.4 is 24.6 Å². The molecule has 2 aliphatic heterocycles. The van der Waals surface area contributed by atoms with E-state index >= 15 is 0 Å². The first-order valence-electron chi connectivity index (χ1n) is 11.9. The highest BCUT2D eigenvalue weighted by Crippen LogP contribution is 2.40. The molecule has 0 aliphatic carbocycles. The van der Waals surface area contributed by atoms with Crippen LogP contribution in [0.15, 0.2) is 66.7 Å². The lowest BCUT2D eigenvalue weighted by molar-refractivity contribution is -0.126. The van der Waals surface area contributed by atoms with Crippen molar-refractivity contribution in [2.75, 3.05) is 43.7 Å². The maximum atomic E-state index is 13.5. The molecule has 0 aromatic heterocycles. The highest BCUT2D eigenvalue weighted by molar-refractivity contribution is 5.82. The zero-order valence-corrected chi connectivity index (χ0v) is 20.0. The number of hydrogen-bond acceptors (Lipinski definition) is 5. The van der Waals surface area contributed by atoms with Crippen LogP contribution in [0.25, 0.3) is 0 Å². The van der Waals surface area contributed by atoms with Crippen LogP contribution in [0.3, 0.4) is 0 Å². The Labute approximate surface area is 205 Å². The highest BCUT2D eigenvalue weighted by Gasteiger charge is 2.42. The summed E-state index contributed by atoms with van der Waals surface area (Å²) in [6, 6.07) is 20.3. The number of carbonyl (C=O) groups is 1. The first kappa shape index (κ1) is 23.0. The first-order chi connectivity index (χ1) is 17.1. The third kappa shape index (κ3) is 4.63. The summed E-state index contributed by atoms with van der Waals surface area (Å²) in [5, 5.41) is 3.10. The molecule has 0 spiro atoms. The highest BCUT2D eigenvalue weighted by atomic mass is 19.1. The number of nitrogens with one attached hydrogen (secondary N) is 1. The lowest BCUT2D eigenvalue weighted by Crippen LogP contribution is -2.61. The number of nitrogens with zero attached hydrogens (tertiary/aromatic N) is 2. The fourth-order valence-electron chi connectivity index (χ4n) is 5.24. The van der Waals surface area contributed by atoms with Gasteiger partial charge in [0.1, 0.15) is 17.3 Å². The molecule has 1 N–H and O–H groups in total. The molecule has 182 valence electrons. The molecule has 5 rings (SSSR count). The monoisotopic (exact) mass is 475 g/mol. The zero-order valence-electron chi connectivity index (χ0n) is 20.0. The summed E-state index contributed by atoms with van der Waals surface area (Å²) in [4.78, 5) is 18.2. The largest absolute Gasteiger partial charge is 0.497 e. The second-order valence-electron chi connectivity index (χ2n) is 9.03. The van der Waals surface area contributed by atoms with Crippen molar-refractivity contribution >= 4 is 17.3 Å². The van der Waals surface area contributed by atoms with Crippen LogP contribution in [0.4, 0.5) is 15.8 Å². The van der Waals surface area contributed by atoms with Crippen molar-refractivity contribution in [1.82, 2.24) is 5.32 Å². The average molecular weight is 476 g/mol. The fourth-order valence-corrected chi connectivity index (χ4v) is 5.24. The Bertz CT molecular complexity index is 1200. The number of halogens is 1. The van der Waals surface area contributed by atoms with Crippen LogP contribution >= 0.6 is 0 Å². The summed E-state index contributed by atoms with van der Waals surface area (Å²) >= 11 is 0. The van der Waals surface area contributed by atoms with Crippen LogP contribution in [0.5, 0.6) is 11.5 Å². The molecule has 35 heavy (non-hydrogen) atoms. The van der Waals surface area contributed by atoms with E-state index in [1.807, 2.05) is 24.3 Å². The van der Waals surface area contributed by atoms with E-state index < -0.39 is 0 Å². The molecule has 3 aromatic carbocycles. The molecule has 0 saturated carbocycles. The minimum atomic E-state index is -0.284. The molecular weight excluding hydrogens is 445 g/mol. The number of anilines is 2. The van der Waals surface area contributed by atoms with Crippen LogP contribution in [0.1, 0.15) is 11.1 Å². The smallest absolute Gasteiger partial charge is 0.225 e. The van der Waals surface area contributed by atoms with Gasteiger partial charge in [-0.15, -0.1) is 0 Å². The summed E-state index contributed by atoms with van der Waals surface area (Å²) in [5.41, 5.74) is 4.19. The lowest BCUT2D eigenvalue weighted by Gasteiger charge is -2.49. The molecule has 1 saturated heterocycles. The lowest BCUT2D eigenvalue weighted by atomic mass is 9.83.